The van der Waals surface area contributed by atoms with E-state index < -0.39 is 12.4 Å². The Morgan fingerprint density at radius 1 is 1.13 bits per heavy atom. The SMILES string of the molecule is CCO[C@@H]1[C@@H](OC)[C@H](C)O[C@@H](O)[C@@H]1OC. The van der Waals surface area contributed by atoms with Crippen LogP contribution in [0.5, 0.6) is 0 Å². The van der Waals surface area contributed by atoms with E-state index in [9.17, 15) is 5.11 Å². The zero-order chi connectivity index (χ0) is 11.4. The lowest BCUT2D eigenvalue weighted by molar-refractivity contribution is -0.294. The van der Waals surface area contributed by atoms with Crippen molar-refractivity contribution in [2.24, 2.45) is 0 Å². The van der Waals surface area contributed by atoms with E-state index in [2.05, 4.69) is 0 Å². The van der Waals surface area contributed by atoms with Crippen molar-refractivity contribution in [3.05, 3.63) is 0 Å². The van der Waals surface area contributed by atoms with Gasteiger partial charge >= 0.3 is 0 Å². The topological polar surface area (TPSA) is 57.2 Å². The van der Waals surface area contributed by atoms with Crippen molar-refractivity contribution in [1.29, 1.82) is 0 Å². The molecular weight excluding hydrogens is 200 g/mol. The summed E-state index contributed by atoms with van der Waals surface area (Å²) < 4.78 is 21.3. The van der Waals surface area contributed by atoms with Gasteiger partial charge < -0.3 is 24.1 Å². The highest BCUT2D eigenvalue weighted by atomic mass is 16.7. The van der Waals surface area contributed by atoms with Crippen LogP contribution in [0.2, 0.25) is 0 Å². The zero-order valence-corrected chi connectivity index (χ0v) is 9.67. The van der Waals surface area contributed by atoms with Gasteiger partial charge in [-0.3, -0.25) is 0 Å². The van der Waals surface area contributed by atoms with Crippen molar-refractivity contribution in [2.45, 2.75) is 44.6 Å². The molecule has 5 nitrogen and oxygen atoms in total. The van der Waals surface area contributed by atoms with Crippen molar-refractivity contribution in [2.75, 3.05) is 20.8 Å². The molecule has 1 saturated heterocycles. The van der Waals surface area contributed by atoms with Gasteiger partial charge in [0, 0.05) is 20.8 Å². The summed E-state index contributed by atoms with van der Waals surface area (Å²) >= 11 is 0. The third-order valence-corrected chi connectivity index (χ3v) is 2.65. The van der Waals surface area contributed by atoms with Crippen molar-refractivity contribution >= 4 is 0 Å². The Morgan fingerprint density at radius 3 is 2.20 bits per heavy atom. The van der Waals surface area contributed by atoms with Crippen LogP contribution in [0, 0.1) is 0 Å². The van der Waals surface area contributed by atoms with Gasteiger partial charge in [0.05, 0.1) is 6.10 Å². The lowest BCUT2D eigenvalue weighted by atomic mass is 9.99. The van der Waals surface area contributed by atoms with Gasteiger partial charge in [-0.15, -0.1) is 0 Å². The van der Waals surface area contributed by atoms with Gasteiger partial charge in [-0.2, -0.15) is 0 Å². The van der Waals surface area contributed by atoms with Crippen molar-refractivity contribution in [3.63, 3.8) is 0 Å². The summed E-state index contributed by atoms with van der Waals surface area (Å²) in [5.74, 6) is 0. The minimum Gasteiger partial charge on any atom is -0.376 e. The zero-order valence-electron chi connectivity index (χ0n) is 9.67. The Labute approximate surface area is 90.3 Å². The molecule has 1 rings (SSSR count). The Morgan fingerprint density at radius 2 is 1.73 bits per heavy atom. The van der Waals surface area contributed by atoms with Gasteiger partial charge in [0.25, 0.3) is 0 Å². The number of rotatable bonds is 4. The molecule has 0 aromatic heterocycles. The molecule has 0 unspecified atom stereocenters. The third-order valence-electron chi connectivity index (χ3n) is 2.65. The fourth-order valence-electron chi connectivity index (χ4n) is 1.95. The van der Waals surface area contributed by atoms with Crippen LogP contribution in [-0.4, -0.2) is 56.6 Å². The van der Waals surface area contributed by atoms with Crippen molar-refractivity contribution < 1.29 is 24.1 Å². The van der Waals surface area contributed by atoms with Crippen LogP contribution in [0.15, 0.2) is 0 Å². The first-order valence-electron chi connectivity index (χ1n) is 5.16. The molecule has 0 spiro atoms. The molecule has 15 heavy (non-hydrogen) atoms. The van der Waals surface area contributed by atoms with E-state index in [0.29, 0.717) is 6.61 Å². The molecule has 0 aromatic carbocycles. The monoisotopic (exact) mass is 220 g/mol. The molecule has 0 bridgehead atoms. The fourth-order valence-corrected chi connectivity index (χ4v) is 1.95. The lowest BCUT2D eigenvalue weighted by Gasteiger charge is -2.42. The largest absolute Gasteiger partial charge is 0.376 e. The maximum atomic E-state index is 9.67. The summed E-state index contributed by atoms with van der Waals surface area (Å²) in [5, 5.41) is 9.67. The molecule has 1 fully saturated rings. The molecule has 5 heteroatoms. The smallest absolute Gasteiger partial charge is 0.184 e. The highest BCUT2D eigenvalue weighted by molar-refractivity contribution is 4.89. The van der Waals surface area contributed by atoms with E-state index >= 15 is 0 Å². The van der Waals surface area contributed by atoms with E-state index in [4.69, 9.17) is 18.9 Å². The molecule has 1 aliphatic heterocycles. The maximum Gasteiger partial charge on any atom is 0.184 e. The minimum absolute atomic E-state index is 0.215. The van der Waals surface area contributed by atoms with Crippen molar-refractivity contribution in [3.8, 4) is 0 Å². The highest BCUT2D eigenvalue weighted by Crippen LogP contribution is 2.25. The van der Waals surface area contributed by atoms with Crippen molar-refractivity contribution in [1.82, 2.24) is 0 Å². The fraction of sp³-hybridized carbons (Fsp3) is 1.00. The van der Waals surface area contributed by atoms with E-state index in [-0.39, 0.29) is 18.3 Å². The molecule has 0 amide bonds. The predicted octanol–water partition coefficient (Wildman–Crippen LogP) is 0.159. The summed E-state index contributed by atoms with van der Waals surface area (Å²) in [4.78, 5) is 0. The number of methoxy groups -OCH3 is 2. The number of hydrogen-bond acceptors (Lipinski definition) is 5. The van der Waals surface area contributed by atoms with Crippen LogP contribution in [0.4, 0.5) is 0 Å². The molecule has 1 heterocycles. The van der Waals surface area contributed by atoms with E-state index in [1.54, 1.807) is 7.11 Å². The first kappa shape index (κ1) is 12.9. The van der Waals surface area contributed by atoms with Gasteiger partial charge in [0.15, 0.2) is 6.29 Å². The van der Waals surface area contributed by atoms with Crippen LogP contribution >= 0.6 is 0 Å². The molecular formula is C10H20O5. The Bertz CT molecular complexity index is 171. The standard InChI is InChI=1S/C10H20O5/c1-5-14-8-7(12-3)6(2)15-10(11)9(8)13-4/h6-11H,5H2,1-4H3/t6-,7-,8+,9+,10+/m0/s1. The summed E-state index contributed by atoms with van der Waals surface area (Å²) in [6, 6.07) is 0. The Kier molecular flexibility index (Phi) is 4.95. The second-order valence-corrected chi connectivity index (χ2v) is 3.55. The molecule has 0 aromatic rings. The Hall–Kier alpha value is -0.200. The van der Waals surface area contributed by atoms with Gasteiger partial charge in [0.2, 0.25) is 0 Å². The van der Waals surface area contributed by atoms with Gasteiger partial charge in [-0.25, -0.2) is 0 Å². The average molecular weight is 220 g/mol. The van der Waals surface area contributed by atoms with Crippen LogP contribution in [0.1, 0.15) is 13.8 Å². The Balaban J connectivity index is 2.77. The van der Waals surface area contributed by atoms with E-state index in [1.807, 2.05) is 13.8 Å². The quantitative estimate of drug-likeness (QED) is 0.731. The van der Waals surface area contributed by atoms with Crippen LogP contribution in [0.25, 0.3) is 0 Å². The number of aliphatic hydroxyl groups excluding tert-OH is 1. The highest BCUT2D eigenvalue weighted by Gasteiger charge is 2.44. The number of aliphatic hydroxyl groups is 1. The average Bonchev–Trinajstić information content (AvgIpc) is 2.18. The molecule has 1 aliphatic rings. The molecule has 1 N–H and O–H groups in total. The van der Waals surface area contributed by atoms with Crippen LogP contribution < -0.4 is 0 Å². The van der Waals surface area contributed by atoms with Gasteiger partial charge in [-0.1, -0.05) is 0 Å². The van der Waals surface area contributed by atoms with Crippen LogP contribution in [0.3, 0.4) is 0 Å². The minimum atomic E-state index is -0.965. The summed E-state index contributed by atoms with van der Waals surface area (Å²) in [5.41, 5.74) is 0. The molecule has 0 saturated carbocycles. The molecule has 90 valence electrons. The maximum absolute atomic E-state index is 9.67. The summed E-state index contributed by atoms with van der Waals surface area (Å²) in [6.45, 7) is 4.28. The first-order chi connectivity index (χ1) is 7.15. The summed E-state index contributed by atoms with van der Waals surface area (Å²) in [7, 11) is 3.12. The molecule has 0 aliphatic carbocycles. The normalized spacial score (nSPS) is 41.8. The van der Waals surface area contributed by atoms with Gasteiger partial charge in [-0.05, 0) is 13.8 Å². The lowest BCUT2D eigenvalue weighted by Crippen LogP contribution is -2.58. The van der Waals surface area contributed by atoms with Crippen LogP contribution in [-0.2, 0) is 18.9 Å². The first-order valence-corrected chi connectivity index (χ1v) is 5.16. The van der Waals surface area contributed by atoms with E-state index in [0.717, 1.165) is 0 Å². The third kappa shape index (κ3) is 2.68. The predicted molar refractivity (Wildman–Crippen MR) is 53.6 cm³/mol. The number of ether oxygens (including phenoxy) is 4. The van der Waals surface area contributed by atoms with Gasteiger partial charge in [0.1, 0.15) is 18.3 Å². The second-order valence-electron chi connectivity index (χ2n) is 3.55. The molecule has 5 atom stereocenters. The number of hydrogen-bond donors (Lipinski definition) is 1. The summed E-state index contributed by atoms with van der Waals surface area (Å²) in [6.07, 6.45) is -2.21. The molecule has 0 radical (unpaired) electrons. The van der Waals surface area contributed by atoms with E-state index in [1.165, 1.54) is 7.11 Å². The second kappa shape index (κ2) is 5.77.